The van der Waals surface area contributed by atoms with Crippen LogP contribution in [0.2, 0.25) is 0 Å². The Morgan fingerprint density at radius 2 is 1.57 bits per heavy atom. The Bertz CT molecular complexity index is 81.6. The molecule has 0 saturated heterocycles. The number of hydrogen-bond acceptors (Lipinski definition) is 2. The summed E-state index contributed by atoms with van der Waals surface area (Å²) in [5.41, 5.74) is 0. The molecule has 0 spiro atoms. The van der Waals surface area contributed by atoms with Crippen LogP contribution in [-0.4, -0.2) is 9.97 Å². The summed E-state index contributed by atoms with van der Waals surface area (Å²) in [5, 5.41) is 0. The summed E-state index contributed by atoms with van der Waals surface area (Å²) in [5.74, 6) is 0. The van der Waals surface area contributed by atoms with E-state index >= 15 is 0 Å². The number of rotatable bonds is 0. The van der Waals surface area contributed by atoms with Crippen LogP contribution in [0.5, 0.6) is 0 Å². The molecule has 0 amide bonds. The minimum atomic E-state index is 0. The molecule has 2 nitrogen and oxygen atoms in total. The van der Waals surface area contributed by atoms with Gasteiger partial charge in [-0.05, 0) is 6.07 Å². The summed E-state index contributed by atoms with van der Waals surface area (Å²) in [6.07, 6.45) is 4.88. The predicted molar refractivity (Wildman–Crippen MR) is 22.0 cm³/mol. The maximum absolute atomic E-state index is 3.67. The van der Waals surface area contributed by atoms with E-state index in [1.54, 1.807) is 18.5 Å². The summed E-state index contributed by atoms with van der Waals surface area (Å²) in [7, 11) is 0. The van der Waals surface area contributed by atoms with E-state index in [4.69, 9.17) is 0 Å². The molecule has 0 fully saturated rings. The molecule has 1 aromatic heterocycles. The average Bonchev–Trinajstić information content (AvgIpc) is 1.72. The van der Waals surface area contributed by atoms with Crippen molar-refractivity contribution in [2.45, 2.75) is 0 Å². The molecule has 0 aliphatic heterocycles. The van der Waals surface area contributed by atoms with E-state index in [0.717, 1.165) is 0 Å². The zero-order chi connectivity index (χ0) is 4.24. The van der Waals surface area contributed by atoms with Crippen molar-refractivity contribution in [1.29, 1.82) is 0 Å². The molecule has 0 saturated carbocycles. The normalized spacial score (nSPS) is 6.86. The Labute approximate surface area is 67.3 Å². The van der Waals surface area contributed by atoms with Crippen LogP contribution in [0.3, 0.4) is 0 Å². The molecule has 0 atom stereocenters. The first-order valence-corrected chi connectivity index (χ1v) is 1.70. The summed E-state index contributed by atoms with van der Waals surface area (Å²) >= 11 is 0. The van der Waals surface area contributed by atoms with Crippen LogP contribution in [0.1, 0.15) is 0 Å². The van der Waals surface area contributed by atoms with Crippen LogP contribution < -0.4 is 0 Å². The third-order valence-electron chi connectivity index (χ3n) is 0.478. The van der Waals surface area contributed by atoms with Crippen molar-refractivity contribution in [2.75, 3.05) is 0 Å². The molecular weight excluding hydrogens is 165 g/mol. The third kappa shape index (κ3) is 2.83. The van der Waals surface area contributed by atoms with Gasteiger partial charge < -0.3 is 0 Å². The smallest absolute Gasteiger partial charge is 0.115 e. The number of nitrogens with zero attached hydrogens (tertiary/aromatic N) is 2. The molecule has 0 unspecified atom stereocenters. The predicted octanol–water partition coefficient (Wildman–Crippen LogP) is 0.474. The van der Waals surface area contributed by atoms with Crippen molar-refractivity contribution in [2.24, 2.45) is 0 Å². The maximum atomic E-state index is 3.67. The van der Waals surface area contributed by atoms with E-state index in [-0.39, 0.29) is 32.7 Å². The monoisotopic (exact) mass is 169 g/mol. The van der Waals surface area contributed by atoms with Crippen LogP contribution in [0.4, 0.5) is 0 Å². The standard InChI is InChI=1S/C4H4N2.Y/c1-2-5-4-6-3-1;/h1-4H;. The quantitative estimate of drug-likeness (QED) is 0.564. The fourth-order valence-corrected chi connectivity index (χ4v) is 0.253. The minimum Gasteiger partial charge on any atom is -0.245 e. The van der Waals surface area contributed by atoms with Crippen LogP contribution >= 0.6 is 0 Å². The van der Waals surface area contributed by atoms with E-state index in [2.05, 4.69) is 9.97 Å². The molecule has 0 aliphatic rings. The van der Waals surface area contributed by atoms with Gasteiger partial charge in [-0.25, -0.2) is 9.97 Å². The fraction of sp³-hybridized carbons (Fsp3) is 0. The summed E-state index contributed by atoms with van der Waals surface area (Å²) < 4.78 is 0. The first-order chi connectivity index (χ1) is 3.00. The molecule has 33 valence electrons. The van der Waals surface area contributed by atoms with Crippen LogP contribution in [-0.2, 0) is 32.7 Å². The van der Waals surface area contributed by atoms with Gasteiger partial charge in [-0.3, -0.25) is 0 Å². The zero-order valence-electron chi connectivity index (χ0n) is 3.78. The van der Waals surface area contributed by atoms with Gasteiger partial charge >= 0.3 is 0 Å². The van der Waals surface area contributed by atoms with Gasteiger partial charge in [0.2, 0.25) is 0 Å². The molecule has 0 bridgehead atoms. The minimum absolute atomic E-state index is 0. The van der Waals surface area contributed by atoms with Crippen LogP contribution in [0, 0.1) is 0 Å². The molecule has 0 aromatic carbocycles. The fourth-order valence-electron chi connectivity index (χ4n) is 0.253. The molecule has 3 heteroatoms. The Kier molecular flexibility index (Phi) is 4.46. The Morgan fingerprint density at radius 3 is 1.71 bits per heavy atom. The molecule has 0 N–H and O–H groups in total. The first kappa shape index (κ1) is 7.18. The number of aromatic nitrogens is 2. The molecule has 1 aromatic rings. The maximum Gasteiger partial charge on any atom is 0.115 e. The summed E-state index contributed by atoms with van der Waals surface area (Å²) in [6, 6.07) is 1.78. The second-order valence-electron chi connectivity index (χ2n) is 0.904. The SMILES string of the molecule is [Y].c1cncnc1. The van der Waals surface area contributed by atoms with Gasteiger partial charge in [0.1, 0.15) is 6.33 Å². The average molecular weight is 169 g/mol. The van der Waals surface area contributed by atoms with E-state index < -0.39 is 0 Å². The van der Waals surface area contributed by atoms with Gasteiger partial charge in [-0.2, -0.15) is 0 Å². The van der Waals surface area contributed by atoms with Crippen LogP contribution in [0.15, 0.2) is 24.8 Å². The van der Waals surface area contributed by atoms with Gasteiger partial charge in [0.05, 0.1) is 0 Å². The van der Waals surface area contributed by atoms with E-state index in [0.29, 0.717) is 0 Å². The summed E-state index contributed by atoms with van der Waals surface area (Å²) in [4.78, 5) is 7.35. The van der Waals surface area contributed by atoms with Crippen molar-refractivity contribution in [1.82, 2.24) is 9.97 Å². The Morgan fingerprint density at radius 1 is 1.00 bits per heavy atom. The zero-order valence-corrected chi connectivity index (χ0v) is 6.62. The topological polar surface area (TPSA) is 25.8 Å². The molecule has 1 heterocycles. The third-order valence-corrected chi connectivity index (χ3v) is 0.478. The van der Waals surface area contributed by atoms with E-state index in [9.17, 15) is 0 Å². The molecule has 0 aliphatic carbocycles. The van der Waals surface area contributed by atoms with Gasteiger partial charge in [0.25, 0.3) is 0 Å². The van der Waals surface area contributed by atoms with Crippen molar-refractivity contribution >= 4 is 0 Å². The largest absolute Gasteiger partial charge is 0.245 e. The molecule has 7 heavy (non-hydrogen) atoms. The second-order valence-corrected chi connectivity index (χ2v) is 0.904. The number of hydrogen-bond donors (Lipinski definition) is 0. The molecule has 1 rings (SSSR count). The van der Waals surface area contributed by atoms with Crippen molar-refractivity contribution in [3.8, 4) is 0 Å². The molecule has 1 radical (unpaired) electrons. The van der Waals surface area contributed by atoms with Gasteiger partial charge in [-0.15, -0.1) is 0 Å². The Balaban J connectivity index is 0.000000360. The van der Waals surface area contributed by atoms with E-state index in [1.807, 2.05) is 0 Å². The van der Waals surface area contributed by atoms with Gasteiger partial charge in [-0.1, -0.05) is 0 Å². The summed E-state index contributed by atoms with van der Waals surface area (Å²) in [6.45, 7) is 0. The van der Waals surface area contributed by atoms with Gasteiger partial charge in [0, 0.05) is 45.1 Å². The van der Waals surface area contributed by atoms with Crippen molar-refractivity contribution in [3.05, 3.63) is 24.8 Å². The van der Waals surface area contributed by atoms with Gasteiger partial charge in [0.15, 0.2) is 0 Å². The van der Waals surface area contributed by atoms with Crippen LogP contribution in [0.25, 0.3) is 0 Å². The first-order valence-electron chi connectivity index (χ1n) is 1.70. The van der Waals surface area contributed by atoms with Crippen molar-refractivity contribution in [3.63, 3.8) is 0 Å². The second kappa shape index (κ2) is 4.35. The van der Waals surface area contributed by atoms with E-state index in [1.165, 1.54) is 6.33 Å². The Hall–Kier alpha value is 0.184. The molecular formula is C4H4N2Y. The van der Waals surface area contributed by atoms with Crippen molar-refractivity contribution < 1.29 is 32.7 Å².